The molecule has 0 aliphatic heterocycles. The molecule has 1 aromatic heterocycles. The lowest BCUT2D eigenvalue weighted by Gasteiger charge is -2.41. The third-order valence-electron chi connectivity index (χ3n) is 4.86. The average molecular weight is 331 g/mol. The zero-order chi connectivity index (χ0) is 17.2. The van der Waals surface area contributed by atoms with Gasteiger partial charge in [0.05, 0.1) is 11.7 Å². The fourth-order valence-electron chi connectivity index (χ4n) is 3.30. The van der Waals surface area contributed by atoms with Crippen LogP contribution < -0.4 is 5.32 Å². The number of furan rings is 1. The number of hydrogen-bond donors (Lipinski definition) is 2. The molecule has 1 amide bonds. The lowest BCUT2D eigenvalue weighted by molar-refractivity contribution is -0.130. The summed E-state index contributed by atoms with van der Waals surface area (Å²) in [6.07, 6.45) is 3.64. The van der Waals surface area contributed by atoms with Crippen molar-refractivity contribution in [2.45, 2.75) is 50.2 Å². The van der Waals surface area contributed by atoms with E-state index < -0.39 is 11.5 Å². The Hall–Kier alpha value is -2.14. The second kappa shape index (κ2) is 6.77. The van der Waals surface area contributed by atoms with Crippen molar-refractivity contribution < 1.29 is 18.7 Å². The van der Waals surface area contributed by atoms with Crippen molar-refractivity contribution in [2.24, 2.45) is 0 Å². The van der Waals surface area contributed by atoms with Crippen LogP contribution in [0.3, 0.4) is 0 Å². The van der Waals surface area contributed by atoms with E-state index in [2.05, 4.69) is 5.32 Å². The van der Waals surface area contributed by atoms with Crippen LogP contribution in [-0.4, -0.2) is 17.1 Å². The quantitative estimate of drug-likeness (QED) is 0.852. The van der Waals surface area contributed by atoms with Crippen molar-refractivity contribution in [2.75, 3.05) is 0 Å². The SMILES string of the molecule is CC(CC(O)c1ccco1)NC(=O)C1(c2ccc(F)cc2)CCC1. The van der Waals surface area contributed by atoms with E-state index in [-0.39, 0.29) is 17.8 Å². The number of amides is 1. The van der Waals surface area contributed by atoms with Crippen molar-refractivity contribution >= 4 is 5.91 Å². The molecule has 1 heterocycles. The van der Waals surface area contributed by atoms with E-state index in [1.165, 1.54) is 18.4 Å². The maximum atomic E-state index is 13.1. The lowest BCUT2D eigenvalue weighted by Crippen LogP contribution is -2.51. The van der Waals surface area contributed by atoms with Crippen molar-refractivity contribution in [1.29, 1.82) is 0 Å². The highest BCUT2D eigenvalue weighted by Gasteiger charge is 2.45. The van der Waals surface area contributed by atoms with Gasteiger partial charge in [-0.3, -0.25) is 4.79 Å². The first-order valence-electron chi connectivity index (χ1n) is 8.30. The average Bonchev–Trinajstić information content (AvgIpc) is 3.02. The van der Waals surface area contributed by atoms with Gasteiger partial charge in [0.15, 0.2) is 0 Å². The molecule has 24 heavy (non-hydrogen) atoms. The van der Waals surface area contributed by atoms with Gasteiger partial charge >= 0.3 is 0 Å². The van der Waals surface area contributed by atoms with Crippen LogP contribution in [-0.2, 0) is 10.2 Å². The molecular formula is C19H22FNO3. The predicted octanol–water partition coefficient (Wildman–Crippen LogP) is 3.47. The number of halogens is 1. The molecule has 0 spiro atoms. The van der Waals surface area contributed by atoms with Gasteiger partial charge in [0.25, 0.3) is 0 Å². The third-order valence-corrected chi connectivity index (χ3v) is 4.86. The summed E-state index contributed by atoms with van der Waals surface area (Å²) in [6.45, 7) is 1.86. The Morgan fingerprint density at radius 3 is 2.58 bits per heavy atom. The Morgan fingerprint density at radius 2 is 2.04 bits per heavy atom. The molecular weight excluding hydrogens is 309 g/mol. The molecule has 1 saturated carbocycles. The van der Waals surface area contributed by atoms with Crippen molar-refractivity contribution in [3.8, 4) is 0 Å². The number of aliphatic hydroxyl groups is 1. The summed E-state index contributed by atoms with van der Waals surface area (Å²) in [5, 5.41) is 13.1. The second-order valence-electron chi connectivity index (χ2n) is 6.58. The van der Waals surface area contributed by atoms with Gasteiger partial charge in [-0.1, -0.05) is 18.6 Å². The molecule has 2 atom stereocenters. The first-order valence-corrected chi connectivity index (χ1v) is 8.30. The van der Waals surface area contributed by atoms with Gasteiger partial charge in [0, 0.05) is 12.5 Å². The maximum absolute atomic E-state index is 13.1. The first-order chi connectivity index (χ1) is 11.5. The molecule has 2 unspecified atom stereocenters. The van der Waals surface area contributed by atoms with Crippen LogP contribution in [0.1, 0.15) is 50.0 Å². The number of aliphatic hydroxyl groups excluding tert-OH is 1. The van der Waals surface area contributed by atoms with Crippen LogP contribution in [0.5, 0.6) is 0 Å². The van der Waals surface area contributed by atoms with E-state index in [1.807, 2.05) is 6.92 Å². The molecule has 5 heteroatoms. The number of hydrogen-bond acceptors (Lipinski definition) is 3. The number of carbonyl (C=O) groups is 1. The molecule has 1 fully saturated rings. The summed E-state index contributed by atoms with van der Waals surface area (Å²) in [6, 6.07) is 9.41. The molecule has 1 aliphatic rings. The number of benzene rings is 1. The summed E-state index contributed by atoms with van der Waals surface area (Å²) in [7, 11) is 0. The lowest BCUT2D eigenvalue weighted by atomic mass is 9.63. The van der Waals surface area contributed by atoms with E-state index >= 15 is 0 Å². The minimum atomic E-state index is -0.751. The van der Waals surface area contributed by atoms with E-state index in [0.717, 1.165) is 24.8 Å². The molecule has 0 saturated heterocycles. The van der Waals surface area contributed by atoms with Crippen LogP contribution in [0.25, 0.3) is 0 Å². The zero-order valence-corrected chi connectivity index (χ0v) is 13.7. The minimum Gasteiger partial charge on any atom is -0.467 e. The minimum absolute atomic E-state index is 0.0560. The number of carbonyl (C=O) groups excluding carboxylic acids is 1. The Bertz CT molecular complexity index is 677. The third kappa shape index (κ3) is 3.22. The van der Waals surface area contributed by atoms with Crippen LogP contribution in [0.15, 0.2) is 47.1 Å². The monoisotopic (exact) mass is 331 g/mol. The van der Waals surface area contributed by atoms with Crippen LogP contribution in [0.2, 0.25) is 0 Å². The molecule has 0 bridgehead atoms. The number of nitrogens with one attached hydrogen (secondary N) is 1. The van der Waals surface area contributed by atoms with Crippen molar-refractivity contribution in [1.82, 2.24) is 5.32 Å². The van der Waals surface area contributed by atoms with E-state index in [0.29, 0.717) is 12.2 Å². The summed E-state index contributed by atoms with van der Waals surface area (Å²) in [5.41, 5.74) is 0.281. The van der Waals surface area contributed by atoms with E-state index in [4.69, 9.17) is 4.42 Å². The molecule has 2 N–H and O–H groups in total. The van der Waals surface area contributed by atoms with Gasteiger partial charge in [-0.25, -0.2) is 4.39 Å². The zero-order valence-electron chi connectivity index (χ0n) is 13.7. The Labute approximate surface area is 140 Å². The topological polar surface area (TPSA) is 62.5 Å². The maximum Gasteiger partial charge on any atom is 0.230 e. The normalized spacial score (nSPS) is 18.5. The number of rotatable bonds is 6. The highest BCUT2D eigenvalue weighted by atomic mass is 19.1. The van der Waals surface area contributed by atoms with Crippen molar-refractivity contribution in [3.63, 3.8) is 0 Å². The fraction of sp³-hybridized carbons (Fsp3) is 0.421. The highest BCUT2D eigenvalue weighted by Crippen LogP contribution is 2.44. The van der Waals surface area contributed by atoms with Crippen LogP contribution >= 0.6 is 0 Å². The molecule has 3 rings (SSSR count). The van der Waals surface area contributed by atoms with Gasteiger partial charge in [0.1, 0.15) is 17.7 Å². The van der Waals surface area contributed by atoms with Gasteiger partial charge in [-0.2, -0.15) is 0 Å². The summed E-state index contributed by atoms with van der Waals surface area (Å²) in [4.78, 5) is 12.8. The Kier molecular flexibility index (Phi) is 4.71. The van der Waals surface area contributed by atoms with Gasteiger partial charge < -0.3 is 14.8 Å². The molecule has 128 valence electrons. The standard InChI is InChI=1S/C19H22FNO3/c1-13(12-16(22)17-4-2-11-24-17)21-18(23)19(9-3-10-19)14-5-7-15(20)8-6-14/h2,4-8,11,13,16,22H,3,9-10,12H2,1H3,(H,21,23). The van der Waals surface area contributed by atoms with E-state index in [9.17, 15) is 14.3 Å². The largest absolute Gasteiger partial charge is 0.467 e. The Morgan fingerprint density at radius 1 is 1.33 bits per heavy atom. The highest BCUT2D eigenvalue weighted by molar-refractivity contribution is 5.89. The molecule has 4 nitrogen and oxygen atoms in total. The van der Waals surface area contributed by atoms with Crippen LogP contribution in [0.4, 0.5) is 4.39 Å². The smallest absolute Gasteiger partial charge is 0.230 e. The van der Waals surface area contributed by atoms with Crippen molar-refractivity contribution in [3.05, 3.63) is 59.8 Å². The van der Waals surface area contributed by atoms with Gasteiger partial charge in [-0.15, -0.1) is 0 Å². The molecule has 0 radical (unpaired) electrons. The first kappa shape index (κ1) is 16.7. The molecule has 1 aliphatic carbocycles. The summed E-state index contributed by atoms with van der Waals surface area (Å²) < 4.78 is 18.3. The summed E-state index contributed by atoms with van der Waals surface area (Å²) >= 11 is 0. The molecule has 2 aromatic rings. The second-order valence-corrected chi connectivity index (χ2v) is 6.58. The van der Waals surface area contributed by atoms with E-state index in [1.54, 1.807) is 24.3 Å². The van der Waals surface area contributed by atoms with Gasteiger partial charge in [-0.05, 0) is 49.6 Å². The van der Waals surface area contributed by atoms with Crippen LogP contribution in [0, 0.1) is 5.82 Å². The Balaban J connectivity index is 1.65. The predicted molar refractivity (Wildman–Crippen MR) is 87.8 cm³/mol. The fourth-order valence-corrected chi connectivity index (χ4v) is 3.30. The summed E-state index contributed by atoms with van der Waals surface area (Å²) in [5.74, 6) is 0.135. The molecule has 1 aromatic carbocycles. The van der Waals surface area contributed by atoms with Gasteiger partial charge in [0.2, 0.25) is 5.91 Å².